The van der Waals surface area contributed by atoms with Crippen molar-refractivity contribution in [1.29, 1.82) is 5.26 Å². The zero-order chi connectivity index (χ0) is 14.5. The largest absolute Gasteiger partial charge is 0.364 e. The van der Waals surface area contributed by atoms with Gasteiger partial charge in [0.25, 0.3) is 5.91 Å². The minimum Gasteiger partial charge on any atom is -0.364 e. The molecular weight excluding hydrogens is 254 g/mol. The summed E-state index contributed by atoms with van der Waals surface area (Å²) < 4.78 is 5.61. The van der Waals surface area contributed by atoms with Gasteiger partial charge >= 0.3 is 0 Å². The standard InChI is InChI=1S/C15H19N3O2/c1-18(10-12-4-2-11(8-16)3-5-12)15(19)14-7-6-13(9-17)20-14/h2-5,13-14H,6-7,9-10,17H2,1H3. The number of nitrogens with zero attached hydrogens (tertiary/aromatic N) is 2. The number of amides is 1. The maximum atomic E-state index is 12.2. The van der Waals surface area contributed by atoms with Crippen LogP contribution in [0.4, 0.5) is 0 Å². The van der Waals surface area contributed by atoms with Crippen molar-refractivity contribution < 1.29 is 9.53 Å². The first kappa shape index (κ1) is 14.5. The topological polar surface area (TPSA) is 79.4 Å². The predicted molar refractivity (Wildman–Crippen MR) is 74.6 cm³/mol. The molecule has 1 aromatic rings. The lowest BCUT2D eigenvalue weighted by Gasteiger charge is -2.21. The van der Waals surface area contributed by atoms with Crippen molar-refractivity contribution in [3.05, 3.63) is 35.4 Å². The molecule has 0 aromatic heterocycles. The van der Waals surface area contributed by atoms with Crippen LogP contribution >= 0.6 is 0 Å². The van der Waals surface area contributed by atoms with Gasteiger partial charge in [0, 0.05) is 20.1 Å². The average molecular weight is 273 g/mol. The molecule has 2 N–H and O–H groups in total. The molecule has 5 nitrogen and oxygen atoms in total. The molecule has 1 aromatic carbocycles. The number of likely N-dealkylation sites (N-methyl/N-ethyl adjacent to an activating group) is 1. The molecule has 0 saturated carbocycles. The Kier molecular flexibility index (Phi) is 4.72. The molecule has 20 heavy (non-hydrogen) atoms. The molecule has 1 aliphatic rings. The molecule has 1 saturated heterocycles. The van der Waals surface area contributed by atoms with Crippen LogP contribution in [0, 0.1) is 11.3 Å². The zero-order valence-electron chi connectivity index (χ0n) is 11.6. The Hall–Kier alpha value is -1.90. The van der Waals surface area contributed by atoms with E-state index in [1.54, 1.807) is 24.1 Å². The number of nitriles is 1. The molecule has 0 bridgehead atoms. The molecular formula is C15H19N3O2. The number of hydrogen-bond acceptors (Lipinski definition) is 4. The van der Waals surface area contributed by atoms with Crippen molar-refractivity contribution in [2.75, 3.05) is 13.6 Å². The number of ether oxygens (including phenoxy) is 1. The summed E-state index contributed by atoms with van der Waals surface area (Å²) in [6, 6.07) is 9.31. The lowest BCUT2D eigenvalue weighted by Crippen LogP contribution is -2.36. The van der Waals surface area contributed by atoms with E-state index in [-0.39, 0.29) is 18.1 Å². The van der Waals surface area contributed by atoms with Gasteiger partial charge in [-0.05, 0) is 30.5 Å². The highest BCUT2D eigenvalue weighted by atomic mass is 16.5. The quantitative estimate of drug-likeness (QED) is 0.888. The Morgan fingerprint density at radius 2 is 2.15 bits per heavy atom. The first-order valence-corrected chi connectivity index (χ1v) is 6.73. The summed E-state index contributed by atoms with van der Waals surface area (Å²) in [5.41, 5.74) is 7.16. The minimum absolute atomic E-state index is 0.00672. The molecule has 1 fully saturated rings. The van der Waals surface area contributed by atoms with E-state index >= 15 is 0 Å². The molecule has 106 valence electrons. The van der Waals surface area contributed by atoms with Gasteiger partial charge in [-0.15, -0.1) is 0 Å². The Morgan fingerprint density at radius 3 is 2.70 bits per heavy atom. The second kappa shape index (κ2) is 6.51. The third-order valence-electron chi connectivity index (χ3n) is 3.52. The van der Waals surface area contributed by atoms with Crippen molar-refractivity contribution in [2.24, 2.45) is 5.73 Å². The molecule has 2 atom stereocenters. The molecule has 0 spiro atoms. The van der Waals surface area contributed by atoms with E-state index in [1.165, 1.54) is 0 Å². The Bertz CT molecular complexity index is 507. The fourth-order valence-electron chi connectivity index (χ4n) is 2.34. The summed E-state index contributed by atoms with van der Waals surface area (Å²) in [6.07, 6.45) is 1.22. The molecule has 1 heterocycles. The zero-order valence-corrected chi connectivity index (χ0v) is 11.6. The van der Waals surface area contributed by atoms with Gasteiger partial charge in [-0.3, -0.25) is 4.79 Å². The lowest BCUT2D eigenvalue weighted by atomic mass is 10.1. The maximum absolute atomic E-state index is 12.2. The molecule has 0 aliphatic carbocycles. The Morgan fingerprint density at radius 1 is 1.45 bits per heavy atom. The van der Waals surface area contributed by atoms with Crippen LogP contribution in [-0.2, 0) is 16.1 Å². The number of carbonyl (C=O) groups excluding carboxylic acids is 1. The van der Waals surface area contributed by atoms with Gasteiger partial charge in [-0.25, -0.2) is 0 Å². The second-order valence-electron chi connectivity index (χ2n) is 5.06. The van der Waals surface area contributed by atoms with Crippen LogP contribution in [0.25, 0.3) is 0 Å². The fourth-order valence-corrected chi connectivity index (χ4v) is 2.34. The molecule has 2 unspecified atom stereocenters. The summed E-state index contributed by atoms with van der Waals surface area (Å²) in [7, 11) is 1.76. The average Bonchev–Trinajstić information content (AvgIpc) is 2.96. The number of benzene rings is 1. The van der Waals surface area contributed by atoms with E-state index in [1.807, 2.05) is 12.1 Å². The SMILES string of the molecule is CN(Cc1ccc(C#N)cc1)C(=O)C1CCC(CN)O1. The van der Waals surface area contributed by atoms with Crippen molar-refractivity contribution in [3.8, 4) is 6.07 Å². The molecule has 1 amide bonds. The van der Waals surface area contributed by atoms with Gasteiger partial charge in [-0.2, -0.15) is 5.26 Å². The van der Waals surface area contributed by atoms with Crippen LogP contribution in [0.3, 0.4) is 0 Å². The minimum atomic E-state index is -0.369. The predicted octanol–water partition coefficient (Wildman–Crippen LogP) is 1.02. The normalized spacial score (nSPS) is 21.4. The summed E-state index contributed by atoms with van der Waals surface area (Å²) in [5.74, 6) is -0.00897. The first-order chi connectivity index (χ1) is 9.63. The van der Waals surface area contributed by atoms with Crippen LogP contribution in [0.15, 0.2) is 24.3 Å². The van der Waals surface area contributed by atoms with Crippen LogP contribution in [0.1, 0.15) is 24.0 Å². The summed E-state index contributed by atoms with van der Waals surface area (Å²) >= 11 is 0. The number of carbonyl (C=O) groups is 1. The third kappa shape index (κ3) is 3.35. The number of hydrogen-bond donors (Lipinski definition) is 1. The summed E-state index contributed by atoms with van der Waals surface area (Å²) in [6.45, 7) is 0.973. The van der Waals surface area contributed by atoms with Crippen LogP contribution in [-0.4, -0.2) is 36.6 Å². The van der Waals surface area contributed by atoms with Crippen LogP contribution in [0.2, 0.25) is 0 Å². The first-order valence-electron chi connectivity index (χ1n) is 6.73. The molecule has 2 rings (SSSR count). The van der Waals surface area contributed by atoms with Gasteiger partial charge in [0.2, 0.25) is 0 Å². The van der Waals surface area contributed by atoms with Crippen molar-refractivity contribution >= 4 is 5.91 Å². The maximum Gasteiger partial charge on any atom is 0.251 e. The lowest BCUT2D eigenvalue weighted by molar-refractivity contribution is -0.141. The summed E-state index contributed by atoms with van der Waals surface area (Å²) in [4.78, 5) is 13.9. The smallest absolute Gasteiger partial charge is 0.251 e. The van der Waals surface area contributed by atoms with Gasteiger partial charge in [0.1, 0.15) is 6.10 Å². The Balaban J connectivity index is 1.92. The van der Waals surface area contributed by atoms with E-state index in [4.69, 9.17) is 15.7 Å². The fraction of sp³-hybridized carbons (Fsp3) is 0.467. The third-order valence-corrected chi connectivity index (χ3v) is 3.52. The van der Waals surface area contributed by atoms with Crippen LogP contribution in [0.5, 0.6) is 0 Å². The van der Waals surface area contributed by atoms with Crippen molar-refractivity contribution in [1.82, 2.24) is 4.90 Å². The highest BCUT2D eigenvalue weighted by molar-refractivity contribution is 5.81. The van der Waals surface area contributed by atoms with Gasteiger partial charge in [0.05, 0.1) is 17.7 Å². The molecule has 1 aliphatic heterocycles. The number of rotatable bonds is 4. The van der Waals surface area contributed by atoms with Gasteiger partial charge in [0.15, 0.2) is 0 Å². The van der Waals surface area contributed by atoms with E-state index in [9.17, 15) is 4.79 Å². The van der Waals surface area contributed by atoms with E-state index in [0.29, 0.717) is 18.7 Å². The van der Waals surface area contributed by atoms with Crippen molar-refractivity contribution in [2.45, 2.75) is 31.6 Å². The van der Waals surface area contributed by atoms with E-state index in [2.05, 4.69) is 6.07 Å². The van der Waals surface area contributed by atoms with Gasteiger partial charge in [-0.1, -0.05) is 12.1 Å². The van der Waals surface area contributed by atoms with Gasteiger partial charge < -0.3 is 15.4 Å². The van der Waals surface area contributed by atoms with E-state index < -0.39 is 0 Å². The van der Waals surface area contributed by atoms with Crippen molar-refractivity contribution in [3.63, 3.8) is 0 Å². The highest BCUT2D eigenvalue weighted by Gasteiger charge is 2.31. The second-order valence-corrected chi connectivity index (χ2v) is 5.06. The molecule has 5 heteroatoms. The molecule has 0 radical (unpaired) electrons. The van der Waals surface area contributed by atoms with E-state index in [0.717, 1.165) is 18.4 Å². The Labute approximate surface area is 118 Å². The highest BCUT2D eigenvalue weighted by Crippen LogP contribution is 2.21. The van der Waals surface area contributed by atoms with Crippen LogP contribution < -0.4 is 5.73 Å². The monoisotopic (exact) mass is 273 g/mol. The number of nitrogens with two attached hydrogens (primary N) is 1. The summed E-state index contributed by atoms with van der Waals surface area (Å²) in [5, 5.41) is 8.75.